The molecule has 1 aromatic heterocycles. The Morgan fingerprint density at radius 1 is 0.964 bits per heavy atom. The van der Waals surface area contributed by atoms with Crippen LogP contribution in [0.25, 0.3) is 5.69 Å². The highest BCUT2D eigenvalue weighted by atomic mass is 32.1. The molecule has 0 unspecified atom stereocenters. The van der Waals surface area contributed by atoms with Gasteiger partial charge in [0.25, 0.3) is 5.56 Å². The van der Waals surface area contributed by atoms with E-state index >= 15 is 0 Å². The van der Waals surface area contributed by atoms with Crippen LogP contribution in [0.2, 0.25) is 0 Å². The molecule has 0 fully saturated rings. The summed E-state index contributed by atoms with van der Waals surface area (Å²) in [6, 6.07) is 18.8. The minimum atomic E-state index is -0.350. The van der Waals surface area contributed by atoms with Crippen molar-refractivity contribution in [3.8, 4) is 23.3 Å². The molecule has 28 heavy (non-hydrogen) atoms. The molecule has 0 radical (unpaired) electrons. The molecule has 0 amide bonds. The van der Waals surface area contributed by atoms with Gasteiger partial charge in [-0.25, -0.2) is 0 Å². The summed E-state index contributed by atoms with van der Waals surface area (Å²) in [6.45, 7) is 0.734. The van der Waals surface area contributed by atoms with E-state index in [4.69, 9.17) is 17.0 Å². The van der Waals surface area contributed by atoms with Crippen LogP contribution in [0.5, 0.6) is 11.5 Å². The fourth-order valence-electron chi connectivity index (χ4n) is 3.55. The van der Waals surface area contributed by atoms with Crippen molar-refractivity contribution in [2.24, 2.45) is 0 Å². The standard InChI is InChI=1S/C22H19N3O2S/c23-15-19-20-9-5-2-6-14-24(20)22(28)25(21(19)26)16-10-12-18(13-11-16)27-17-7-3-1-4-8-17/h1,3-4,7-8,10-13H,2,5-6,9,14H2. The minimum Gasteiger partial charge on any atom is -0.457 e. The zero-order chi connectivity index (χ0) is 19.5. The Balaban J connectivity index is 1.77. The van der Waals surface area contributed by atoms with Crippen molar-refractivity contribution < 1.29 is 4.74 Å². The summed E-state index contributed by atoms with van der Waals surface area (Å²) in [7, 11) is 0. The summed E-state index contributed by atoms with van der Waals surface area (Å²) in [5.41, 5.74) is 1.25. The molecule has 0 bridgehead atoms. The monoisotopic (exact) mass is 389 g/mol. The molecule has 0 saturated carbocycles. The lowest BCUT2D eigenvalue weighted by molar-refractivity contribution is 0.482. The number of aromatic nitrogens is 2. The molecule has 140 valence electrons. The highest BCUT2D eigenvalue weighted by Gasteiger charge is 2.19. The molecule has 1 aliphatic rings. The van der Waals surface area contributed by atoms with Crippen LogP contribution in [0, 0.1) is 16.1 Å². The van der Waals surface area contributed by atoms with Crippen LogP contribution in [0.4, 0.5) is 0 Å². The number of hydrogen-bond donors (Lipinski definition) is 0. The number of nitrogens with zero attached hydrogens (tertiary/aromatic N) is 3. The molecule has 0 N–H and O–H groups in total. The second-order valence-corrected chi connectivity index (χ2v) is 7.09. The summed E-state index contributed by atoms with van der Waals surface area (Å²) in [4.78, 5) is 13.0. The van der Waals surface area contributed by atoms with Gasteiger partial charge in [-0.1, -0.05) is 24.6 Å². The first-order chi connectivity index (χ1) is 13.7. The molecule has 6 heteroatoms. The van der Waals surface area contributed by atoms with Gasteiger partial charge in [-0.3, -0.25) is 9.36 Å². The topological polar surface area (TPSA) is 59.9 Å². The molecule has 0 atom stereocenters. The SMILES string of the molecule is N#Cc1c2n(c(=S)n(-c3ccc(Oc4ccccc4)cc3)c1=O)CCCCC2. The quantitative estimate of drug-likeness (QED) is 0.606. The Morgan fingerprint density at radius 3 is 2.39 bits per heavy atom. The van der Waals surface area contributed by atoms with Crippen molar-refractivity contribution >= 4 is 12.2 Å². The van der Waals surface area contributed by atoms with E-state index in [1.54, 1.807) is 24.3 Å². The first kappa shape index (κ1) is 18.2. The van der Waals surface area contributed by atoms with Crippen molar-refractivity contribution in [3.63, 3.8) is 0 Å². The Kier molecular flexibility index (Phi) is 5.09. The average Bonchev–Trinajstić information content (AvgIpc) is 2.97. The second-order valence-electron chi connectivity index (χ2n) is 6.73. The van der Waals surface area contributed by atoms with Gasteiger partial charge in [-0.05, 0) is 67.9 Å². The summed E-state index contributed by atoms with van der Waals surface area (Å²) >= 11 is 5.64. The fourth-order valence-corrected chi connectivity index (χ4v) is 3.94. The van der Waals surface area contributed by atoms with E-state index in [2.05, 4.69) is 6.07 Å². The van der Waals surface area contributed by atoms with E-state index in [1.165, 1.54) is 4.57 Å². The van der Waals surface area contributed by atoms with Crippen LogP contribution in [0.3, 0.4) is 0 Å². The first-order valence-electron chi connectivity index (χ1n) is 9.31. The third-order valence-corrected chi connectivity index (χ3v) is 5.34. The molecule has 4 rings (SSSR count). The van der Waals surface area contributed by atoms with Gasteiger partial charge in [-0.2, -0.15) is 5.26 Å². The zero-order valence-electron chi connectivity index (χ0n) is 15.3. The van der Waals surface area contributed by atoms with Gasteiger partial charge in [0.1, 0.15) is 23.1 Å². The van der Waals surface area contributed by atoms with Gasteiger partial charge in [0.2, 0.25) is 0 Å². The molecular weight excluding hydrogens is 370 g/mol. The van der Waals surface area contributed by atoms with Crippen molar-refractivity contribution in [1.82, 2.24) is 9.13 Å². The Hall–Kier alpha value is -3.17. The maximum Gasteiger partial charge on any atom is 0.277 e. The van der Waals surface area contributed by atoms with E-state index in [0.717, 1.165) is 37.3 Å². The van der Waals surface area contributed by atoms with E-state index in [9.17, 15) is 10.1 Å². The number of rotatable bonds is 3. The van der Waals surface area contributed by atoms with Gasteiger partial charge in [0, 0.05) is 12.2 Å². The largest absolute Gasteiger partial charge is 0.457 e. The zero-order valence-corrected chi connectivity index (χ0v) is 16.1. The lowest BCUT2D eigenvalue weighted by Crippen LogP contribution is -2.29. The first-order valence-corrected chi connectivity index (χ1v) is 9.72. The van der Waals surface area contributed by atoms with E-state index in [1.807, 2.05) is 34.9 Å². The highest BCUT2D eigenvalue weighted by molar-refractivity contribution is 7.71. The molecule has 1 aliphatic heterocycles. The van der Waals surface area contributed by atoms with Crippen LogP contribution in [0.1, 0.15) is 30.5 Å². The van der Waals surface area contributed by atoms with E-state index in [0.29, 0.717) is 22.6 Å². The fraction of sp³-hybridized carbons (Fsp3) is 0.227. The van der Waals surface area contributed by atoms with E-state index < -0.39 is 0 Å². The Labute approximate surface area is 168 Å². The molecule has 0 aliphatic carbocycles. The number of fused-ring (bicyclic) bond motifs is 1. The summed E-state index contributed by atoms with van der Waals surface area (Å²) in [5.74, 6) is 1.40. The maximum atomic E-state index is 13.0. The molecule has 0 saturated heterocycles. The number of hydrogen-bond acceptors (Lipinski definition) is 4. The molecule has 5 nitrogen and oxygen atoms in total. The van der Waals surface area contributed by atoms with Crippen LogP contribution in [0.15, 0.2) is 59.4 Å². The third-order valence-electron chi connectivity index (χ3n) is 4.93. The van der Waals surface area contributed by atoms with Gasteiger partial charge in [0.05, 0.1) is 5.69 Å². The molecule has 2 heterocycles. The number of ether oxygens (including phenoxy) is 1. The van der Waals surface area contributed by atoms with Gasteiger partial charge >= 0.3 is 0 Å². The molecule has 0 spiro atoms. The average molecular weight is 389 g/mol. The predicted molar refractivity (Wildman–Crippen MR) is 110 cm³/mol. The normalized spacial score (nSPS) is 13.2. The van der Waals surface area contributed by atoms with Crippen molar-refractivity contribution in [2.75, 3.05) is 0 Å². The van der Waals surface area contributed by atoms with Gasteiger partial charge < -0.3 is 9.30 Å². The van der Waals surface area contributed by atoms with Crippen molar-refractivity contribution in [1.29, 1.82) is 5.26 Å². The van der Waals surface area contributed by atoms with Crippen LogP contribution in [-0.4, -0.2) is 9.13 Å². The smallest absolute Gasteiger partial charge is 0.277 e. The van der Waals surface area contributed by atoms with Gasteiger partial charge in [0.15, 0.2) is 4.77 Å². The number of nitriles is 1. The molecule has 3 aromatic rings. The van der Waals surface area contributed by atoms with E-state index in [-0.39, 0.29) is 11.1 Å². The lowest BCUT2D eigenvalue weighted by atomic mass is 10.1. The van der Waals surface area contributed by atoms with Crippen LogP contribution in [-0.2, 0) is 13.0 Å². The summed E-state index contributed by atoms with van der Waals surface area (Å²) in [5, 5.41) is 9.61. The maximum absolute atomic E-state index is 13.0. The Bertz CT molecular complexity index is 1160. The van der Waals surface area contributed by atoms with Crippen LogP contribution < -0.4 is 10.3 Å². The van der Waals surface area contributed by atoms with Crippen LogP contribution >= 0.6 is 12.2 Å². The highest BCUT2D eigenvalue weighted by Crippen LogP contribution is 2.23. The van der Waals surface area contributed by atoms with Crippen molar-refractivity contribution in [2.45, 2.75) is 32.2 Å². The van der Waals surface area contributed by atoms with Crippen molar-refractivity contribution in [3.05, 3.63) is 81.0 Å². The van der Waals surface area contributed by atoms with Gasteiger partial charge in [-0.15, -0.1) is 0 Å². The second kappa shape index (κ2) is 7.83. The molecular formula is C22H19N3O2S. The molecule has 2 aromatic carbocycles. The minimum absolute atomic E-state index is 0.195. The number of benzene rings is 2. The lowest BCUT2D eigenvalue weighted by Gasteiger charge is -2.17. The summed E-state index contributed by atoms with van der Waals surface area (Å²) in [6.07, 6.45) is 3.75. The Morgan fingerprint density at radius 2 is 1.68 bits per heavy atom. The third kappa shape index (κ3) is 3.37. The summed E-state index contributed by atoms with van der Waals surface area (Å²) < 4.78 is 9.66. The predicted octanol–water partition coefficient (Wildman–Crippen LogP) is 4.76. The number of para-hydroxylation sites is 1.